The number of carbonyl (C=O) groups excluding carboxylic acids is 1. The van der Waals surface area contributed by atoms with E-state index in [1.54, 1.807) is 25.1 Å². The Bertz CT molecular complexity index is 763. The molecule has 3 fully saturated rings. The van der Waals surface area contributed by atoms with E-state index in [9.17, 15) is 9.18 Å². The first-order valence-electron chi connectivity index (χ1n) is 10.3. The topological polar surface area (TPSA) is 35.5 Å². The fourth-order valence-corrected chi connectivity index (χ4v) is 5.49. The van der Waals surface area contributed by atoms with Crippen molar-refractivity contribution in [2.24, 2.45) is 11.3 Å². The number of ether oxygens (including phenoxy) is 2. The van der Waals surface area contributed by atoms with Gasteiger partial charge in [0.15, 0.2) is 11.6 Å². The first-order valence-corrected chi connectivity index (χ1v) is 10.3. The molecule has 1 aromatic carbocycles. The lowest BCUT2D eigenvalue weighted by atomic mass is 9.54. The van der Waals surface area contributed by atoms with Crippen molar-refractivity contribution in [2.75, 3.05) is 13.2 Å². The summed E-state index contributed by atoms with van der Waals surface area (Å²) < 4.78 is 26.4. The molecular formula is C23H29FO3. The van der Waals surface area contributed by atoms with Crippen molar-refractivity contribution in [3.8, 4) is 0 Å². The summed E-state index contributed by atoms with van der Waals surface area (Å²) >= 11 is 0. The van der Waals surface area contributed by atoms with Crippen molar-refractivity contribution < 1.29 is 18.7 Å². The highest BCUT2D eigenvalue weighted by atomic mass is 19.1. The highest BCUT2D eigenvalue weighted by Crippen LogP contribution is 2.56. The average Bonchev–Trinajstić information content (AvgIpc) is 3.11. The molecule has 4 heteroatoms. The van der Waals surface area contributed by atoms with Crippen LogP contribution < -0.4 is 0 Å². The smallest absolute Gasteiger partial charge is 0.168 e. The van der Waals surface area contributed by atoms with Crippen LogP contribution in [0.5, 0.6) is 0 Å². The molecule has 3 nitrogen and oxygen atoms in total. The monoisotopic (exact) mass is 372 g/mol. The van der Waals surface area contributed by atoms with E-state index in [1.807, 2.05) is 6.07 Å². The molecule has 0 N–H and O–H groups in total. The highest BCUT2D eigenvalue weighted by Gasteiger charge is 2.56. The fourth-order valence-electron chi connectivity index (χ4n) is 5.49. The van der Waals surface area contributed by atoms with Gasteiger partial charge in [0, 0.05) is 23.8 Å². The summed E-state index contributed by atoms with van der Waals surface area (Å²) in [5, 5.41) is 0. The van der Waals surface area contributed by atoms with Crippen LogP contribution in [0.25, 0.3) is 6.08 Å². The Kier molecular flexibility index (Phi) is 4.98. The van der Waals surface area contributed by atoms with Gasteiger partial charge in [0.1, 0.15) is 5.82 Å². The second kappa shape index (κ2) is 7.14. The third-order valence-electron chi connectivity index (χ3n) is 6.86. The lowest BCUT2D eigenvalue weighted by molar-refractivity contribution is -0.210. The number of benzene rings is 1. The van der Waals surface area contributed by atoms with Crippen LogP contribution in [0.4, 0.5) is 4.39 Å². The predicted octanol–water partition coefficient (Wildman–Crippen LogP) is 5.21. The van der Waals surface area contributed by atoms with Gasteiger partial charge in [-0.25, -0.2) is 4.39 Å². The third-order valence-corrected chi connectivity index (χ3v) is 6.86. The summed E-state index contributed by atoms with van der Waals surface area (Å²) in [6.07, 6.45) is 7.70. The van der Waals surface area contributed by atoms with E-state index < -0.39 is 5.79 Å². The van der Waals surface area contributed by atoms with E-state index in [0.717, 1.165) is 44.1 Å². The summed E-state index contributed by atoms with van der Waals surface area (Å²) in [5.41, 5.74) is 1.59. The van der Waals surface area contributed by atoms with Gasteiger partial charge in [-0.05, 0) is 55.7 Å². The second-order valence-electron chi connectivity index (χ2n) is 8.43. The first kappa shape index (κ1) is 18.8. The summed E-state index contributed by atoms with van der Waals surface area (Å²) in [6, 6.07) is 5.37. The van der Waals surface area contributed by atoms with Crippen LogP contribution in [-0.4, -0.2) is 24.8 Å². The molecule has 27 heavy (non-hydrogen) atoms. The van der Waals surface area contributed by atoms with Gasteiger partial charge < -0.3 is 9.47 Å². The number of ketones is 1. The molecule has 1 saturated heterocycles. The molecular weight excluding hydrogens is 343 g/mol. The minimum atomic E-state index is -0.466. The second-order valence-corrected chi connectivity index (χ2v) is 8.43. The van der Waals surface area contributed by atoms with E-state index in [2.05, 4.69) is 6.92 Å². The van der Waals surface area contributed by atoms with Crippen molar-refractivity contribution in [3.05, 3.63) is 40.7 Å². The van der Waals surface area contributed by atoms with Crippen LogP contribution in [0, 0.1) is 24.1 Å². The maximum atomic E-state index is 14.5. The zero-order valence-corrected chi connectivity index (χ0v) is 16.4. The van der Waals surface area contributed by atoms with Gasteiger partial charge in [0.05, 0.1) is 13.2 Å². The molecule has 0 unspecified atom stereocenters. The lowest BCUT2D eigenvalue weighted by Crippen LogP contribution is -2.52. The minimum absolute atomic E-state index is 0.222. The van der Waals surface area contributed by atoms with Gasteiger partial charge in [-0.15, -0.1) is 0 Å². The van der Waals surface area contributed by atoms with Gasteiger partial charge in [-0.3, -0.25) is 4.79 Å². The zero-order valence-electron chi connectivity index (χ0n) is 16.4. The molecule has 1 spiro atoms. The van der Waals surface area contributed by atoms with Crippen LogP contribution >= 0.6 is 0 Å². The number of aryl methyl sites for hydroxylation is 1. The number of fused-ring (bicyclic) bond motifs is 1. The Hall–Kier alpha value is -1.52. The quantitative estimate of drug-likeness (QED) is 0.683. The van der Waals surface area contributed by atoms with Crippen LogP contribution in [0.3, 0.4) is 0 Å². The van der Waals surface area contributed by atoms with Crippen molar-refractivity contribution >= 4 is 11.9 Å². The largest absolute Gasteiger partial charge is 0.348 e. The predicted molar refractivity (Wildman–Crippen MR) is 103 cm³/mol. The fraction of sp³-hybridized carbons (Fsp3) is 0.609. The number of carbonyl (C=O) groups is 1. The number of halogens is 1. The molecule has 2 atom stereocenters. The number of rotatable bonds is 3. The molecule has 4 rings (SSSR count). The summed E-state index contributed by atoms with van der Waals surface area (Å²) in [4.78, 5) is 13.6. The van der Waals surface area contributed by atoms with Crippen molar-refractivity contribution in [1.82, 2.24) is 0 Å². The summed E-state index contributed by atoms with van der Waals surface area (Å²) in [5.74, 6) is -0.169. The molecule has 3 aliphatic rings. The normalized spacial score (nSPS) is 31.4. The van der Waals surface area contributed by atoms with Crippen LogP contribution in [-0.2, 0) is 14.3 Å². The van der Waals surface area contributed by atoms with Gasteiger partial charge in [0.2, 0.25) is 0 Å². The Balaban J connectivity index is 1.65. The molecule has 1 heterocycles. The van der Waals surface area contributed by atoms with Gasteiger partial charge in [-0.2, -0.15) is 0 Å². The first-order chi connectivity index (χ1) is 13.0. The molecule has 0 bridgehead atoms. The van der Waals surface area contributed by atoms with E-state index in [0.29, 0.717) is 30.8 Å². The number of hydrogen-bond acceptors (Lipinski definition) is 3. The lowest BCUT2D eigenvalue weighted by Gasteiger charge is -2.51. The Morgan fingerprint density at radius 3 is 2.78 bits per heavy atom. The van der Waals surface area contributed by atoms with Crippen LogP contribution in [0.15, 0.2) is 23.8 Å². The minimum Gasteiger partial charge on any atom is -0.348 e. The number of Topliss-reactive ketones (excluding diaryl/α,β-unsaturated/α-hetero) is 1. The number of allylic oxidation sites excluding steroid dienone is 1. The molecule has 2 aliphatic carbocycles. The van der Waals surface area contributed by atoms with E-state index in [4.69, 9.17) is 9.47 Å². The maximum absolute atomic E-state index is 14.5. The van der Waals surface area contributed by atoms with Crippen LogP contribution in [0.2, 0.25) is 0 Å². The average molecular weight is 372 g/mol. The summed E-state index contributed by atoms with van der Waals surface area (Å²) in [6.45, 7) is 5.21. The van der Waals surface area contributed by atoms with E-state index in [1.165, 1.54) is 0 Å². The van der Waals surface area contributed by atoms with Crippen LogP contribution in [0.1, 0.15) is 63.0 Å². The van der Waals surface area contributed by atoms with Gasteiger partial charge in [-0.1, -0.05) is 31.5 Å². The SMILES string of the molecule is CCC[C@@]12CCC3(C[C@H]1CC/C(=C\c1cccc(C)c1F)C2=O)OCCO3. The third kappa shape index (κ3) is 3.17. The number of hydrogen-bond donors (Lipinski definition) is 0. The van der Waals surface area contributed by atoms with Crippen molar-refractivity contribution in [3.63, 3.8) is 0 Å². The Morgan fingerprint density at radius 1 is 1.26 bits per heavy atom. The maximum Gasteiger partial charge on any atom is 0.168 e. The van der Waals surface area contributed by atoms with Crippen molar-refractivity contribution in [2.45, 2.75) is 64.6 Å². The van der Waals surface area contributed by atoms with Gasteiger partial charge in [0.25, 0.3) is 0 Å². The standard InChI is InChI=1S/C23H29FO3/c1-3-9-22-10-11-23(26-12-13-27-23)15-19(22)8-7-18(21(22)25)14-17-6-4-5-16(2)20(17)24/h4-6,14,19H,3,7-13,15H2,1-2H3/b18-14+/t19-,22-/m1/s1. The molecule has 146 valence electrons. The molecule has 2 saturated carbocycles. The molecule has 1 aromatic rings. The summed E-state index contributed by atoms with van der Waals surface area (Å²) in [7, 11) is 0. The molecule has 0 radical (unpaired) electrons. The van der Waals surface area contributed by atoms with Gasteiger partial charge >= 0.3 is 0 Å². The Morgan fingerprint density at radius 2 is 2.04 bits per heavy atom. The highest BCUT2D eigenvalue weighted by molar-refractivity contribution is 6.04. The molecule has 1 aliphatic heterocycles. The Labute approximate surface area is 160 Å². The van der Waals surface area contributed by atoms with E-state index in [-0.39, 0.29) is 22.9 Å². The zero-order chi connectivity index (χ0) is 19.1. The molecule has 0 aromatic heterocycles. The van der Waals surface area contributed by atoms with Crippen molar-refractivity contribution in [1.29, 1.82) is 0 Å². The van der Waals surface area contributed by atoms with E-state index >= 15 is 0 Å². The molecule has 0 amide bonds.